The van der Waals surface area contributed by atoms with E-state index in [0.29, 0.717) is 48.0 Å². The summed E-state index contributed by atoms with van der Waals surface area (Å²) in [5.41, 5.74) is 1.32. The van der Waals surface area contributed by atoms with E-state index in [1.54, 1.807) is 18.2 Å². The van der Waals surface area contributed by atoms with Crippen molar-refractivity contribution in [2.24, 2.45) is 11.3 Å². The maximum absolute atomic E-state index is 13.7. The number of sulfonamides is 1. The molecule has 0 bridgehead atoms. The van der Waals surface area contributed by atoms with E-state index < -0.39 is 21.8 Å². The molecule has 3 aliphatic rings. The van der Waals surface area contributed by atoms with Gasteiger partial charge in [-0.3, -0.25) is 14.8 Å². The molecule has 1 saturated heterocycles. The molecule has 2 fully saturated rings. The Balaban J connectivity index is 1.26. The number of hydroxylamine groups is 1. The van der Waals surface area contributed by atoms with Crippen molar-refractivity contribution in [2.75, 3.05) is 26.4 Å². The summed E-state index contributed by atoms with van der Waals surface area (Å²) < 4.78 is 45.4. The Morgan fingerprint density at radius 1 is 1.12 bits per heavy atom. The number of piperidine rings is 1. The van der Waals surface area contributed by atoms with Gasteiger partial charge in [0.05, 0.1) is 16.0 Å². The maximum atomic E-state index is 13.7. The van der Waals surface area contributed by atoms with Gasteiger partial charge < -0.3 is 19.5 Å². The average molecular weight is 574 g/mol. The molecule has 11 nitrogen and oxygen atoms in total. The average Bonchev–Trinajstić information content (AvgIpc) is 3.38. The Bertz CT molecular complexity index is 1390. The second-order valence-corrected chi connectivity index (χ2v) is 12.7. The van der Waals surface area contributed by atoms with Gasteiger partial charge in [-0.25, -0.2) is 13.9 Å². The first-order valence-corrected chi connectivity index (χ1v) is 15.0. The molecule has 5 rings (SSSR count). The molecule has 1 unspecified atom stereocenters. The third-order valence-corrected chi connectivity index (χ3v) is 10.3. The van der Waals surface area contributed by atoms with Crippen LogP contribution >= 0.6 is 0 Å². The molecule has 2 aliphatic heterocycles. The van der Waals surface area contributed by atoms with Crippen molar-refractivity contribution < 1.29 is 37.4 Å². The van der Waals surface area contributed by atoms with Gasteiger partial charge in [-0.2, -0.15) is 4.31 Å². The van der Waals surface area contributed by atoms with Crippen molar-refractivity contribution in [1.82, 2.24) is 15.1 Å². The van der Waals surface area contributed by atoms with Crippen LogP contribution in [0.3, 0.4) is 0 Å². The highest BCUT2D eigenvalue weighted by Crippen LogP contribution is 2.56. The Morgan fingerprint density at radius 3 is 2.58 bits per heavy atom. The van der Waals surface area contributed by atoms with Gasteiger partial charge in [0.25, 0.3) is 11.8 Å². The maximum Gasteiger partial charge on any atom is 0.276 e. The quantitative estimate of drug-likeness (QED) is 0.290. The number of nitrogens with one attached hydrogen (secondary N) is 2. The van der Waals surface area contributed by atoms with Crippen molar-refractivity contribution in [3.05, 3.63) is 47.5 Å². The van der Waals surface area contributed by atoms with Crippen molar-refractivity contribution in [3.63, 3.8) is 0 Å². The number of ether oxygens (including phenoxy) is 3. The van der Waals surface area contributed by atoms with Crippen LogP contribution in [0.15, 0.2) is 41.3 Å². The number of hydrogen-bond donors (Lipinski definition) is 3. The van der Waals surface area contributed by atoms with E-state index in [0.717, 1.165) is 19.3 Å². The lowest BCUT2D eigenvalue weighted by Gasteiger charge is -2.32. The molecule has 1 aliphatic carbocycles. The van der Waals surface area contributed by atoms with Crippen LogP contribution in [-0.2, 0) is 10.0 Å². The molecule has 0 radical (unpaired) electrons. The molecular weight excluding hydrogens is 538 g/mol. The fraction of sp³-hybridized carbons (Fsp3) is 0.500. The number of carbonyl (C=O) groups is 2. The molecule has 2 heterocycles. The SMILES string of the molecule is CC[C@]1(C)CC1CCNC(=O)c1cccc(S(=O)(=O)N2CCC(Oc3ccc4c(c3)OCO4)CC2)c1C(=O)NO. The molecule has 0 spiro atoms. The summed E-state index contributed by atoms with van der Waals surface area (Å²) in [6, 6.07) is 9.39. The van der Waals surface area contributed by atoms with Crippen LogP contribution in [0.4, 0.5) is 0 Å². The molecular formula is C28H35N3O8S. The predicted molar refractivity (Wildman–Crippen MR) is 144 cm³/mol. The standard InChI is InChI=1S/C28H35N3O8S/c1-3-28(2)16-18(28)9-12-29-26(32)21-5-4-6-24(25(21)27(33)30-34)40(35,36)31-13-10-19(11-14-31)39-20-7-8-22-23(15-20)38-17-37-22/h4-8,15,18-19,34H,3,9-14,16-17H2,1-2H3,(H,29,32)(H,30,33)/t18?,28-/m1/s1. The summed E-state index contributed by atoms with van der Waals surface area (Å²) in [6.07, 6.45) is 3.63. The van der Waals surface area contributed by atoms with Crippen LogP contribution in [0.25, 0.3) is 0 Å². The topological polar surface area (TPSA) is 144 Å². The smallest absolute Gasteiger partial charge is 0.276 e. The molecule has 2 aromatic carbocycles. The first-order chi connectivity index (χ1) is 19.2. The summed E-state index contributed by atoms with van der Waals surface area (Å²) in [4.78, 5) is 25.4. The Morgan fingerprint density at radius 2 is 1.88 bits per heavy atom. The van der Waals surface area contributed by atoms with E-state index in [2.05, 4.69) is 19.2 Å². The van der Waals surface area contributed by atoms with Crippen LogP contribution in [-0.4, -0.2) is 62.3 Å². The fourth-order valence-electron chi connectivity index (χ4n) is 5.54. The number of hydrogen-bond acceptors (Lipinski definition) is 8. The molecule has 40 heavy (non-hydrogen) atoms. The number of carbonyl (C=O) groups excluding carboxylic acids is 2. The molecule has 1 saturated carbocycles. The van der Waals surface area contributed by atoms with E-state index in [9.17, 15) is 23.2 Å². The second kappa shape index (κ2) is 11.3. The third kappa shape index (κ3) is 5.61. The summed E-state index contributed by atoms with van der Waals surface area (Å²) in [6.45, 7) is 5.26. The van der Waals surface area contributed by atoms with Crippen LogP contribution in [0.5, 0.6) is 17.2 Å². The number of nitrogens with zero attached hydrogens (tertiary/aromatic N) is 1. The van der Waals surface area contributed by atoms with Crippen LogP contribution in [0.2, 0.25) is 0 Å². The van der Waals surface area contributed by atoms with Gasteiger partial charge >= 0.3 is 0 Å². The van der Waals surface area contributed by atoms with Gasteiger partial charge in [0.15, 0.2) is 11.5 Å². The van der Waals surface area contributed by atoms with Gasteiger partial charge in [0.1, 0.15) is 11.9 Å². The normalized spacial score (nSPS) is 22.5. The van der Waals surface area contributed by atoms with Crippen LogP contribution in [0, 0.1) is 11.3 Å². The second-order valence-electron chi connectivity index (χ2n) is 10.8. The predicted octanol–water partition coefficient (Wildman–Crippen LogP) is 3.32. The highest BCUT2D eigenvalue weighted by Gasteiger charge is 2.47. The number of fused-ring (bicyclic) bond motifs is 1. The Kier molecular flexibility index (Phi) is 7.94. The number of benzene rings is 2. The lowest BCUT2D eigenvalue weighted by molar-refractivity contribution is 0.0697. The van der Waals surface area contributed by atoms with Gasteiger partial charge in [-0.05, 0) is 61.3 Å². The van der Waals surface area contributed by atoms with Crippen molar-refractivity contribution in [3.8, 4) is 17.2 Å². The summed E-state index contributed by atoms with van der Waals surface area (Å²) in [7, 11) is -4.16. The molecule has 0 aromatic heterocycles. The zero-order valence-corrected chi connectivity index (χ0v) is 23.5. The van der Waals surface area contributed by atoms with E-state index in [-0.39, 0.29) is 42.0 Å². The zero-order valence-electron chi connectivity index (χ0n) is 22.6. The van der Waals surface area contributed by atoms with E-state index in [1.807, 2.05) is 0 Å². The lowest BCUT2D eigenvalue weighted by Crippen LogP contribution is -2.42. The first-order valence-electron chi connectivity index (χ1n) is 13.6. The van der Waals surface area contributed by atoms with Gasteiger partial charge in [0.2, 0.25) is 16.8 Å². The zero-order chi connectivity index (χ0) is 28.5. The molecule has 2 aromatic rings. The minimum absolute atomic E-state index is 0.109. The van der Waals surface area contributed by atoms with E-state index in [1.165, 1.54) is 28.0 Å². The largest absolute Gasteiger partial charge is 0.490 e. The van der Waals surface area contributed by atoms with Crippen molar-refractivity contribution in [2.45, 2.75) is 57.0 Å². The van der Waals surface area contributed by atoms with Gasteiger partial charge in [-0.1, -0.05) is 26.3 Å². The highest BCUT2D eigenvalue weighted by molar-refractivity contribution is 7.89. The molecule has 12 heteroatoms. The molecule has 3 N–H and O–H groups in total. The third-order valence-electron chi connectivity index (χ3n) is 8.39. The van der Waals surface area contributed by atoms with Gasteiger partial charge in [0, 0.05) is 25.7 Å². The summed E-state index contributed by atoms with van der Waals surface area (Å²) in [5, 5.41) is 12.2. The first kappa shape index (κ1) is 28.2. The van der Waals surface area contributed by atoms with Crippen molar-refractivity contribution >= 4 is 21.8 Å². The summed E-state index contributed by atoms with van der Waals surface area (Å²) >= 11 is 0. The lowest BCUT2D eigenvalue weighted by atomic mass is 10.0. The fourth-order valence-corrected chi connectivity index (χ4v) is 7.22. The minimum atomic E-state index is -4.16. The van der Waals surface area contributed by atoms with Crippen molar-refractivity contribution in [1.29, 1.82) is 0 Å². The minimum Gasteiger partial charge on any atom is -0.490 e. The Labute approximate surface area is 233 Å². The molecule has 2 atom stereocenters. The molecule has 2 amide bonds. The monoisotopic (exact) mass is 573 g/mol. The van der Waals surface area contributed by atoms with E-state index >= 15 is 0 Å². The van der Waals surface area contributed by atoms with Crippen LogP contribution in [0.1, 0.15) is 66.7 Å². The molecule has 216 valence electrons. The number of amides is 2. The van der Waals surface area contributed by atoms with Gasteiger partial charge in [-0.15, -0.1) is 0 Å². The van der Waals surface area contributed by atoms with E-state index in [4.69, 9.17) is 14.2 Å². The Hall–Kier alpha value is -3.35. The summed E-state index contributed by atoms with van der Waals surface area (Å²) in [5.74, 6) is 0.752. The van der Waals surface area contributed by atoms with Crippen LogP contribution < -0.4 is 25.0 Å². The highest BCUT2D eigenvalue weighted by atomic mass is 32.2. The number of rotatable bonds is 10.